The Kier molecular flexibility index (Phi) is 11.6. The minimum atomic E-state index is -3.64. The van der Waals surface area contributed by atoms with Crippen LogP contribution in [0.3, 0.4) is 0 Å². The summed E-state index contributed by atoms with van der Waals surface area (Å²) in [5.41, 5.74) is 6.29. The summed E-state index contributed by atoms with van der Waals surface area (Å²) in [6, 6.07) is 41.5. The Hall–Kier alpha value is -4.19. The third-order valence-electron chi connectivity index (χ3n) is 9.34. The lowest BCUT2D eigenvalue weighted by atomic mass is 9.97. The van der Waals surface area contributed by atoms with Crippen LogP contribution in [-0.2, 0) is 32.6 Å². The Balaban J connectivity index is 1.21. The van der Waals surface area contributed by atoms with E-state index in [9.17, 15) is 18.6 Å². The van der Waals surface area contributed by atoms with Crippen molar-refractivity contribution < 1.29 is 28.1 Å². The van der Waals surface area contributed by atoms with Crippen molar-refractivity contribution in [3.05, 3.63) is 161 Å². The number of aliphatic hydroxyl groups excluding tert-OH is 2. The van der Waals surface area contributed by atoms with Gasteiger partial charge in [0.05, 0.1) is 29.8 Å². The van der Waals surface area contributed by atoms with Gasteiger partial charge >= 0.3 is 0 Å². The van der Waals surface area contributed by atoms with Crippen LogP contribution >= 0.6 is 0 Å². The van der Waals surface area contributed by atoms with E-state index in [0.717, 1.165) is 38.9 Å². The van der Waals surface area contributed by atoms with Crippen LogP contribution in [0.15, 0.2) is 138 Å². The monoisotopic (exact) mass is 692 g/mol. The number of nitrogens with zero attached hydrogens (tertiary/aromatic N) is 1. The number of sulfonamides is 1. The molecular formula is C41H44N2O6S. The van der Waals surface area contributed by atoms with Gasteiger partial charge in [-0.2, -0.15) is 0 Å². The van der Waals surface area contributed by atoms with E-state index in [1.54, 1.807) is 30.3 Å². The van der Waals surface area contributed by atoms with Crippen molar-refractivity contribution in [3.63, 3.8) is 0 Å². The zero-order chi connectivity index (χ0) is 35.1. The van der Waals surface area contributed by atoms with Crippen molar-refractivity contribution in [2.45, 2.75) is 62.0 Å². The maximum Gasteiger partial charge on any atom is 0.240 e. The van der Waals surface area contributed by atoms with E-state index in [-0.39, 0.29) is 36.3 Å². The lowest BCUT2D eigenvalue weighted by Crippen LogP contribution is -2.43. The second-order valence-electron chi connectivity index (χ2n) is 12.8. The molecule has 1 saturated heterocycles. The van der Waals surface area contributed by atoms with E-state index >= 15 is 0 Å². The summed E-state index contributed by atoms with van der Waals surface area (Å²) in [6.07, 6.45) is -1.14. The highest BCUT2D eigenvalue weighted by molar-refractivity contribution is 7.89. The molecule has 1 aliphatic rings. The minimum Gasteiger partial charge on any atom is -0.392 e. The van der Waals surface area contributed by atoms with Crippen molar-refractivity contribution in [1.82, 2.24) is 9.62 Å². The van der Waals surface area contributed by atoms with Crippen LogP contribution in [0.1, 0.15) is 59.7 Å². The molecule has 0 saturated carbocycles. The zero-order valence-corrected chi connectivity index (χ0v) is 29.1. The highest BCUT2D eigenvalue weighted by atomic mass is 32.2. The van der Waals surface area contributed by atoms with Gasteiger partial charge in [0.1, 0.15) is 0 Å². The number of hydrogen-bond acceptors (Lipinski definition) is 7. The fourth-order valence-electron chi connectivity index (χ4n) is 6.28. The number of benzene rings is 5. The molecule has 3 N–H and O–H groups in total. The smallest absolute Gasteiger partial charge is 0.240 e. The summed E-state index contributed by atoms with van der Waals surface area (Å²) >= 11 is 0. The molecule has 1 aliphatic heterocycles. The highest BCUT2D eigenvalue weighted by Gasteiger charge is 2.34. The summed E-state index contributed by atoms with van der Waals surface area (Å²) in [5, 5.41) is 20.7. The Bertz CT molecular complexity index is 1940. The number of nitrogens with one attached hydrogen (secondary N) is 1. The summed E-state index contributed by atoms with van der Waals surface area (Å²) in [4.78, 5) is 2.36. The maximum absolute atomic E-state index is 12.8. The number of aliphatic hydroxyl groups is 2. The average molecular weight is 693 g/mol. The Labute approximate surface area is 295 Å². The second kappa shape index (κ2) is 16.2. The molecule has 6 rings (SSSR count). The first kappa shape index (κ1) is 35.6. The second-order valence-corrected chi connectivity index (χ2v) is 14.6. The molecular weight excluding hydrogens is 649 g/mol. The topological polar surface area (TPSA) is 108 Å². The van der Waals surface area contributed by atoms with Crippen molar-refractivity contribution in [2.75, 3.05) is 13.6 Å². The fourth-order valence-corrected chi connectivity index (χ4v) is 7.32. The quantitative estimate of drug-likeness (QED) is 0.123. The van der Waals surface area contributed by atoms with Crippen LogP contribution in [0.2, 0.25) is 0 Å². The lowest BCUT2D eigenvalue weighted by Gasteiger charge is -2.39. The van der Waals surface area contributed by atoms with Crippen LogP contribution in [0.4, 0.5) is 0 Å². The van der Waals surface area contributed by atoms with Crippen molar-refractivity contribution in [2.24, 2.45) is 0 Å². The molecule has 8 nitrogen and oxygen atoms in total. The molecule has 0 aliphatic carbocycles. The number of likely N-dealkylation sites (N-methyl/N-ethyl adjacent to an activating group) is 1. The van der Waals surface area contributed by atoms with E-state index in [1.165, 1.54) is 0 Å². The maximum atomic E-state index is 12.8. The summed E-state index contributed by atoms with van der Waals surface area (Å²) in [5.74, 6) is 0. The predicted octanol–water partition coefficient (Wildman–Crippen LogP) is 6.92. The van der Waals surface area contributed by atoms with Gasteiger partial charge in [-0.15, -0.1) is 0 Å². The molecule has 0 bridgehead atoms. The third-order valence-corrected chi connectivity index (χ3v) is 10.8. The van der Waals surface area contributed by atoms with Gasteiger partial charge in [0.25, 0.3) is 0 Å². The van der Waals surface area contributed by atoms with E-state index in [1.807, 2.05) is 111 Å². The van der Waals surface area contributed by atoms with Gasteiger partial charge in [0.15, 0.2) is 6.29 Å². The van der Waals surface area contributed by atoms with E-state index in [2.05, 4.69) is 15.7 Å². The molecule has 1 heterocycles. The van der Waals surface area contributed by atoms with Gasteiger partial charge in [-0.1, -0.05) is 109 Å². The molecule has 0 unspecified atom stereocenters. The molecule has 0 amide bonds. The van der Waals surface area contributed by atoms with Crippen molar-refractivity contribution >= 4 is 10.0 Å². The molecule has 260 valence electrons. The van der Waals surface area contributed by atoms with Crippen molar-refractivity contribution in [1.29, 1.82) is 0 Å². The van der Waals surface area contributed by atoms with E-state index in [0.29, 0.717) is 13.0 Å². The Morgan fingerprint density at radius 1 is 0.780 bits per heavy atom. The lowest BCUT2D eigenvalue weighted by molar-refractivity contribution is -0.253. The molecule has 5 aromatic carbocycles. The Morgan fingerprint density at radius 3 is 2.14 bits per heavy atom. The van der Waals surface area contributed by atoms with Crippen LogP contribution in [-0.4, -0.2) is 49.3 Å². The normalized spacial score (nSPS) is 19.3. The largest absolute Gasteiger partial charge is 0.392 e. The Morgan fingerprint density at radius 2 is 1.44 bits per heavy atom. The summed E-state index contributed by atoms with van der Waals surface area (Å²) in [7, 11) is -1.64. The standard InChI is InChI=1S/C41H44N2O6S/c1-29(40(45)33-12-5-3-6-13-33)43(2)27-37-25-39(32-21-19-30(28-44)20-22-32)49-41(48-37)36-16-10-15-35(24-36)34-14-9-11-31(23-34)26-42-50(46,47)38-17-7-4-8-18-38/h3-24,29,37,39-42,44-45H,25-28H2,1-2H3/t29-,37-,39+,40-,41+/m1/s1. The molecule has 9 heteroatoms. The van der Waals surface area contributed by atoms with Crippen LogP contribution in [0.25, 0.3) is 11.1 Å². The van der Waals surface area contributed by atoms with Crippen LogP contribution in [0.5, 0.6) is 0 Å². The molecule has 50 heavy (non-hydrogen) atoms. The van der Waals surface area contributed by atoms with Gasteiger partial charge in [0, 0.05) is 31.1 Å². The van der Waals surface area contributed by atoms with Crippen molar-refractivity contribution in [3.8, 4) is 11.1 Å². The predicted molar refractivity (Wildman–Crippen MR) is 194 cm³/mol. The van der Waals surface area contributed by atoms with Gasteiger partial charge in [-0.3, -0.25) is 4.90 Å². The average Bonchev–Trinajstić information content (AvgIpc) is 3.17. The SMILES string of the molecule is C[C@H]([C@@H](O)c1ccccc1)N(C)C[C@H]1C[C@@H](c2ccc(CO)cc2)O[C@@H](c2cccc(-c3cccc(CNS(=O)(=O)c4ccccc4)c3)c2)O1. The van der Waals surface area contributed by atoms with Gasteiger partial charge < -0.3 is 19.7 Å². The first-order valence-corrected chi connectivity index (χ1v) is 18.4. The summed E-state index contributed by atoms with van der Waals surface area (Å²) in [6.45, 7) is 2.73. The summed E-state index contributed by atoms with van der Waals surface area (Å²) < 4.78 is 41.6. The molecule has 0 spiro atoms. The fraction of sp³-hybridized carbons (Fsp3) is 0.268. The highest BCUT2D eigenvalue weighted by Crippen LogP contribution is 2.39. The number of ether oxygens (including phenoxy) is 2. The van der Waals surface area contributed by atoms with Crippen LogP contribution < -0.4 is 4.72 Å². The number of hydrogen-bond donors (Lipinski definition) is 3. The molecule has 0 radical (unpaired) electrons. The molecule has 5 atom stereocenters. The van der Waals surface area contributed by atoms with Gasteiger partial charge in [-0.05, 0) is 71.6 Å². The van der Waals surface area contributed by atoms with E-state index in [4.69, 9.17) is 9.47 Å². The minimum absolute atomic E-state index is 0.0283. The molecule has 0 aromatic heterocycles. The first-order chi connectivity index (χ1) is 24.2. The zero-order valence-electron chi connectivity index (χ0n) is 28.3. The molecule has 5 aromatic rings. The third kappa shape index (κ3) is 8.75. The van der Waals surface area contributed by atoms with Gasteiger partial charge in [0.2, 0.25) is 10.0 Å². The molecule has 1 fully saturated rings. The van der Waals surface area contributed by atoms with Gasteiger partial charge in [-0.25, -0.2) is 13.1 Å². The van der Waals surface area contributed by atoms with Crippen LogP contribution in [0, 0.1) is 0 Å². The first-order valence-electron chi connectivity index (χ1n) is 16.9. The number of rotatable bonds is 13. The van der Waals surface area contributed by atoms with E-state index < -0.39 is 22.4 Å².